The number of aromatic nitrogens is 3. The van der Waals surface area contributed by atoms with Crippen LogP contribution >= 0.6 is 0 Å². The fraction of sp³-hybridized carbons (Fsp3) is 0.500. The van der Waals surface area contributed by atoms with Crippen LogP contribution < -0.4 is 10.6 Å². The molecule has 2 aromatic rings. The van der Waals surface area contributed by atoms with Gasteiger partial charge in [0.25, 0.3) is 0 Å². The van der Waals surface area contributed by atoms with Crippen molar-refractivity contribution in [3.05, 3.63) is 28.8 Å². The van der Waals surface area contributed by atoms with Crippen LogP contribution in [-0.2, 0) is 6.54 Å². The summed E-state index contributed by atoms with van der Waals surface area (Å²) in [5.74, 6) is 2.32. The quantitative estimate of drug-likeness (QED) is 0.844. The first-order chi connectivity index (χ1) is 9.61. The Kier molecular flexibility index (Phi) is 4.55. The minimum Gasteiger partial charge on any atom is -0.365 e. The summed E-state index contributed by atoms with van der Waals surface area (Å²) in [5.41, 5.74) is 3.00. The molecule has 0 atom stereocenters. The second kappa shape index (κ2) is 6.36. The van der Waals surface area contributed by atoms with Gasteiger partial charge >= 0.3 is 0 Å². The highest BCUT2D eigenvalue weighted by atomic mass is 16.5. The van der Waals surface area contributed by atoms with Crippen molar-refractivity contribution in [3.63, 3.8) is 0 Å². The molecule has 6 heteroatoms. The molecule has 0 saturated heterocycles. The van der Waals surface area contributed by atoms with Crippen molar-refractivity contribution in [1.82, 2.24) is 15.1 Å². The van der Waals surface area contributed by atoms with Gasteiger partial charge in [-0.05, 0) is 27.2 Å². The molecule has 0 amide bonds. The van der Waals surface area contributed by atoms with Crippen LogP contribution in [0.5, 0.6) is 0 Å². The molecule has 0 fully saturated rings. The second-order valence-electron chi connectivity index (χ2n) is 4.81. The monoisotopic (exact) mass is 275 g/mol. The summed E-state index contributed by atoms with van der Waals surface area (Å²) in [4.78, 5) is 8.75. The van der Waals surface area contributed by atoms with E-state index in [1.165, 1.54) is 0 Å². The van der Waals surface area contributed by atoms with Crippen LogP contribution in [0.2, 0.25) is 0 Å². The lowest BCUT2D eigenvalue weighted by Gasteiger charge is -2.10. The third kappa shape index (κ3) is 3.26. The Hall–Kier alpha value is -2.11. The smallest absolute Gasteiger partial charge is 0.224 e. The molecular weight excluding hydrogens is 254 g/mol. The second-order valence-corrected chi connectivity index (χ2v) is 4.81. The summed E-state index contributed by atoms with van der Waals surface area (Å²) in [5, 5.41) is 10.5. The van der Waals surface area contributed by atoms with Gasteiger partial charge < -0.3 is 15.2 Å². The highest BCUT2D eigenvalue weighted by Crippen LogP contribution is 2.17. The average molecular weight is 275 g/mol. The summed E-state index contributed by atoms with van der Waals surface area (Å²) < 4.78 is 5.16. The molecule has 20 heavy (non-hydrogen) atoms. The fourth-order valence-electron chi connectivity index (χ4n) is 1.87. The van der Waals surface area contributed by atoms with Crippen molar-refractivity contribution in [1.29, 1.82) is 0 Å². The van der Waals surface area contributed by atoms with E-state index in [1.807, 2.05) is 27.0 Å². The molecule has 6 nitrogen and oxygen atoms in total. The topological polar surface area (TPSA) is 75.9 Å². The van der Waals surface area contributed by atoms with Gasteiger partial charge in [0.1, 0.15) is 11.6 Å². The van der Waals surface area contributed by atoms with E-state index in [1.54, 1.807) is 0 Å². The van der Waals surface area contributed by atoms with Gasteiger partial charge in [-0.1, -0.05) is 12.1 Å². The van der Waals surface area contributed by atoms with Gasteiger partial charge in [0.15, 0.2) is 0 Å². The lowest BCUT2D eigenvalue weighted by atomic mass is 10.2. The lowest BCUT2D eigenvalue weighted by Crippen LogP contribution is -2.09. The van der Waals surface area contributed by atoms with Crippen LogP contribution in [0, 0.1) is 20.8 Å². The molecule has 0 unspecified atom stereocenters. The number of rotatable bonds is 6. The van der Waals surface area contributed by atoms with Crippen LogP contribution in [0.25, 0.3) is 0 Å². The molecule has 2 rings (SSSR count). The third-order valence-corrected chi connectivity index (χ3v) is 3.12. The number of hydrogen-bond acceptors (Lipinski definition) is 6. The Morgan fingerprint density at radius 1 is 1.20 bits per heavy atom. The summed E-state index contributed by atoms with van der Waals surface area (Å²) in [7, 11) is 0. The summed E-state index contributed by atoms with van der Waals surface area (Å²) >= 11 is 0. The molecule has 0 aliphatic rings. The Morgan fingerprint density at radius 2 is 2.00 bits per heavy atom. The maximum atomic E-state index is 5.16. The summed E-state index contributed by atoms with van der Waals surface area (Å²) in [6.07, 6.45) is 2.86. The van der Waals surface area contributed by atoms with Crippen LogP contribution in [0.1, 0.15) is 35.9 Å². The number of hydrogen-bond donors (Lipinski definition) is 2. The van der Waals surface area contributed by atoms with Crippen molar-refractivity contribution in [2.24, 2.45) is 0 Å². The Morgan fingerprint density at radius 3 is 2.65 bits per heavy atom. The van der Waals surface area contributed by atoms with Crippen LogP contribution in [0.4, 0.5) is 11.8 Å². The minimum absolute atomic E-state index is 0.645. The van der Waals surface area contributed by atoms with Gasteiger partial charge in [-0.25, -0.2) is 4.98 Å². The molecule has 2 N–H and O–H groups in total. The number of nitrogens with one attached hydrogen (secondary N) is 2. The van der Waals surface area contributed by atoms with Gasteiger partial charge in [0, 0.05) is 30.4 Å². The van der Waals surface area contributed by atoms with E-state index in [4.69, 9.17) is 4.52 Å². The fourth-order valence-corrected chi connectivity index (χ4v) is 1.87. The van der Waals surface area contributed by atoms with Gasteiger partial charge in [-0.2, -0.15) is 4.98 Å². The van der Waals surface area contributed by atoms with Crippen molar-refractivity contribution >= 4 is 11.8 Å². The third-order valence-electron chi connectivity index (χ3n) is 3.12. The van der Waals surface area contributed by atoms with Crippen LogP contribution in [-0.4, -0.2) is 21.7 Å². The molecular formula is C14H21N5O. The first-order valence-corrected chi connectivity index (χ1v) is 6.85. The predicted molar refractivity (Wildman–Crippen MR) is 78.9 cm³/mol. The zero-order valence-electron chi connectivity index (χ0n) is 12.4. The standard InChI is InChI=1S/C14H21N5O/c1-5-6-15-14-17-7-9(2)13(18-14)16-8-12-10(3)19-20-11(12)4/h7H,5-6,8H2,1-4H3,(H2,15,16,17,18). The molecule has 0 aromatic carbocycles. The maximum Gasteiger partial charge on any atom is 0.224 e. The molecule has 0 saturated carbocycles. The molecule has 2 heterocycles. The van der Waals surface area contributed by atoms with Crippen LogP contribution in [0.3, 0.4) is 0 Å². The summed E-state index contributed by atoms with van der Waals surface area (Å²) in [6.45, 7) is 9.46. The van der Waals surface area contributed by atoms with Crippen molar-refractivity contribution < 1.29 is 4.52 Å². The highest BCUT2D eigenvalue weighted by molar-refractivity contribution is 5.47. The van der Waals surface area contributed by atoms with E-state index in [0.29, 0.717) is 12.5 Å². The SMILES string of the molecule is CCCNc1ncc(C)c(NCc2c(C)noc2C)n1. The van der Waals surface area contributed by atoms with E-state index in [9.17, 15) is 0 Å². The largest absolute Gasteiger partial charge is 0.365 e. The van der Waals surface area contributed by atoms with Gasteiger partial charge in [0.2, 0.25) is 5.95 Å². The van der Waals surface area contributed by atoms with Crippen molar-refractivity contribution in [3.8, 4) is 0 Å². The molecule has 108 valence electrons. The average Bonchev–Trinajstić information content (AvgIpc) is 2.76. The zero-order valence-corrected chi connectivity index (χ0v) is 12.4. The van der Waals surface area contributed by atoms with E-state index in [0.717, 1.165) is 41.4 Å². The molecule has 0 radical (unpaired) electrons. The zero-order chi connectivity index (χ0) is 14.5. The Balaban J connectivity index is 2.08. The maximum absolute atomic E-state index is 5.16. The van der Waals surface area contributed by atoms with Crippen molar-refractivity contribution in [2.45, 2.75) is 40.7 Å². The molecule has 0 spiro atoms. The normalized spacial score (nSPS) is 10.6. The number of anilines is 2. The first kappa shape index (κ1) is 14.3. The van der Waals surface area contributed by atoms with Gasteiger partial charge in [-0.15, -0.1) is 0 Å². The molecule has 0 aliphatic heterocycles. The van der Waals surface area contributed by atoms with E-state index in [2.05, 4.69) is 32.7 Å². The summed E-state index contributed by atoms with van der Waals surface area (Å²) in [6, 6.07) is 0. The molecule has 2 aromatic heterocycles. The number of nitrogens with zero attached hydrogens (tertiary/aromatic N) is 3. The van der Waals surface area contributed by atoms with Crippen LogP contribution in [0.15, 0.2) is 10.7 Å². The number of aryl methyl sites for hydroxylation is 3. The Bertz CT molecular complexity index is 559. The minimum atomic E-state index is 0.645. The first-order valence-electron chi connectivity index (χ1n) is 6.85. The van der Waals surface area contributed by atoms with Crippen molar-refractivity contribution in [2.75, 3.05) is 17.2 Å². The van der Waals surface area contributed by atoms with E-state index < -0.39 is 0 Å². The predicted octanol–water partition coefficient (Wildman–Crippen LogP) is 2.82. The highest BCUT2D eigenvalue weighted by Gasteiger charge is 2.10. The Labute approximate surface area is 119 Å². The lowest BCUT2D eigenvalue weighted by molar-refractivity contribution is 0.392. The van der Waals surface area contributed by atoms with Gasteiger partial charge in [0.05, 0.1) is 5.69 Å². The van der Waals surface area contributed by atoms with E-state index in [-0.39, 0.29) is 0 Å². The van der Waals surface area contributed by atoms with E-state index >= 15 is 0 Å². The molecule has 0 aliphatic carbocycles. The molecule has 0 bridgehead atoms. The van der Waals surface area contributed by atoms with Gasteiger partial charge in [-0.3, -0.25) is 0 Å².